The third-order valence-corrected chi connectivity index (χ3v) is 7.31. The van der Waals surface area contributed by atoms with E-state index in [9.17, 15) is 0 Å². The molecule has 0 radical (unpaired) electrons. The van der Waals surface area contributed by atoms with Gasteiger partial charge in [0, 0.05) is 12.1 Å². The highest BCUT2D eigenvalue weighted by Crippen LogP contribution is 2.44. The number of hydrogen-bond acceptors (Lipinski definition) is 6. The van der Waals surface area contributed by atoms with Crippen molar-refractivity contribution in [1.29, 1.82) is 0 Å². The average molecular weight is 550 g/mol. The smallest absolute Gasteiger partial charge is 0.199 e. The third kappa shape index (κ3) is 4.71. The second kappa shape index (κ2) is 11.0. The molecule has 0 spiro atoms. The summed E-state index contributed by atoms with van der Waals surface area (Å²) in [5, 5.41) is 16.9. The van der Waals surface area contributed by atoms with Gasteiger partial charge >= 0.3 is 0 Å². The quantitative estimate of drug-likeness (QED) is 0.165. The number of hydroxylamine groups is 3. The Morgan fingerprint density at radius 2 is 0.952 bits per heavy atom. The molecule has 3 unspecified atom stereocenters. The maximum atomic E-state index is 15.2. The monoisotopic (exact) mass is 549 g/mol. The summed E-state index contributed by atoms with van der Waals surface area (Å²) < 4.78 is 0. The molecule has 0 N–H and O–H groups in total. The zero-order valence-electron chi connectivity index (χ0n) is 22.6. The molecule has 0 amide bonds. The Morgan fingerprint density at radius 1 is 0.524 bits per heavy atom. The second-order valence-corrected chi connectivity index (χ2v) is 10.0. The van der Waals surface area contributed by atoms with Gasteiger partial charge in [-0.2, -0.15) is 5.06 Å². The lowest BCUT2D eigenvalue weighted by Gasteiger charge is -2.36. The first-order valence-corrected chi connectivity index (χ1v) is 13.8. The SMILES string of the molecule is [O-][N+]1(c2ccccc2)ON(c2ccccc2)C2C(=Nc3ccccc3)C(=Nc3ccccc3)C(=Nc3ccccc3)C21. The van der Waals surface area contributed by atoms with E-state index in [4.69, 9.17) is 19.9 Å². The Hall–Kier alpha value is -5.21. The van der Waals surface area contributed by atoms with Crippen molar-refractivity contribution in [3.8, 4) is 0 Å². The fraction of sp³-hybridized carbons (Fsp3) is 0.0571. The van der Waals surface area contributed by atoms with Crippen LogP contribution in [-0.2, 0) is 4.94 Å². The van der Waals surface area contributed by atoms with Crippen LogP contribution in [0, 0.1) is 5.21 Å². The molecule has 1 heterocycles. The molecular formula is C35H27N5O2. The van der Waals surface area contributed by atoms with Gasteiger partial charge in [-0.1, -0.05) is 95.9 Å². The summed E-state index contributed by atoms with van der Waals surface area (Å²) in [4.78, 5) is 20.7. The fourth-order valence-corrected chi connectivity index (χ4v) is 5.42. The maximum Gasteiger partial charge on any atom is 0.199 e. The van der Waals surface area contributed by atoms with Crippen LogP contribution < -0.4 is 9.87 Å². The minimum absolute atomic E-state index is 0.451. The van der Waals surface area contributed by atoms with Crippen LogP contribution in [-0.4, -0.2) is 29.2 Å². The Bertz CT molecular complexity index is 1760. The summed E-state index contributed by atoms with van der Waals surface area (Å²) in [5.74, 6) is 0. The number of fused-ring (bicyclic) bond motifs is 1. The van der Waals surface area contributed by atoms with Gasteiger partial charge < -0.3 is 5.21 Å². The van der Waals surface area contributed by atoms with Gasteiger partial charge in [-0.05, 0) is 48.5 Å². The van der Waals surface area contributed by atoms with Crippen molar-refractivity contribution in [3.63, 3.8) is 0 Å². The molecule has 7 heteroatoms. The molecule has 7 nitrogen and oxygen atoms in total. The highest BCUT2D eigenvalue weighted by Gasteiger charge is 2.64. The molecule has 3 atom stereocenters. The van der Waals surface area contributed by atoms with Gasteiger partial charge in [0.1, 0.15) is 17.1 Å². The van der Waals surface area contributed by atoms with E-state index in [1.54, 1.807) is 17.2 Å². The van der Waals surface area contributed by atoms with Crippen LogP contribution in [0.1, 0.15) is 0 Å². The van der Waals surface area contributed by atoms with Crippen LogP contribution >= 0.6 is 0 Å². The first-order chi connectivity index (χ1) is 20.7. The minimum atomic E-state index is -1.10. The normalized spacial score (nSPS) is 24.4. The summed E-state index contributed by atoms with van der Waals surface area (Å²) >= 11 is 0. The first-order valence-electron chi connectivity index (χ1n) is 13.8. The van der Waals surface area contributed by atoms with Gasteiger partial charge in [0.05, 0.1) is 22.7 Å². The molecule has 204 valence electrons. The van der Waals surface area contributed by atoms with E-state index < -0.39 is 16.9 Å². The van der Waals surface area contributed by atoms with E-state index in [2.05, 4.69) is 0 Å². The number of aliphatic imine (C=N–C) groups is 3. The molecule has 42 heavy (non-hydrogen) atoms. The van der Waals surface area contributed by atoms with Crippen LogP contribution in [0.3, 0.4) is 0 Å². The Labute approximate surface area is 244 Å². The van der Waals surface area contributed by atoms with Gasteiger partial charge in [0.15, 0.2) is 17.8 Å². The van der Waals surface area contributed by atoms with Crippen LogP contribution in [0.15, 0.2) is 167 Å². The standard InChI is InChI=1S/C35H27N5O2/c41-40(30-24-14-5-15-25-30)35-33(38-28-20-10-3-11-21-28)31(36-26-16-6-1-7-17-26)32(37-27-18-8-2-9-19-27)34(35)39(42-40)29-22-12-4-13-23-29/h1-25,34-35H. The topological polar surface area (TPSA) is 72.6 Å². The zero-order valence-corrected chi connectivity index (χ0v) is 22.6. The van der Waals surface area contributed by atoms with Gasteiger partial charge in [0.25, 0.3) is 0 Å². The number of quaternary nitrogens is 1. The molecule has 0 bridgehead atoms. The summed E-state index contributed by atoms with van der Waals surface area (Å²) in [6.45, 7) is 0. The number of rotatable bonds is 5. The van der Waals surface area contributed by atoms with Crippen molar-refractivity contribution < 1.29 is 4.94 Å². The number of benzene rings is 5. The van der Waals surface area contributed by atoms with Crippen molar-refractivity contribution in [3.05, 3.63) is 157 Å². The summed E-state index contributed by atoms with van der Waals surface area (Å²) in [6.07, 6.45) is 0. The molecule has 0 aromatic heterocycles. The molecule has 1 saturated heterocycles. The lowest BCUT2D eigenvalue weighted by molar-refractivity contribution is -0.0819. The minimum Gasteiger partial charge on any atom is -0.591 e. The maximum absolute atomic E-state index is 15.2. The van der Waals surface area contributed by atoms with Crippen molar-refractivity contribution in [2.45, 2.75) is 12.1 Å². The Kier molecular flexibility index (Phi) is 6.73. The molecule has 1 aliphatic heterocycles. The fourth-order valence-electron chi connectivity index (χ4n) is 5.42. The number of nitrogens with zero attached hydrogens (tertiary/aromatic N) is 5. The van der Waals surface area contributed by atoms with Gasteiger partial charge in [0.2, 0.25) is 0 Å². The summed E-state index contributed by atoms with van der Waals surface area (Å²) in [7, 11) is 0. The van der Waals surface area contributed by atoms with Crippen molar-refractivity contribution in [2.24, 2.45) is 15.0 Å². The predicted molar refractivity (Wildman–Crippen MR) is 170 cm³/mol. The van der Waals surface area contributed by atoms with Crippen LogP contribution in [0.2, 0.25) is 0 Å². The molecule has 1 saturated carbocycles. The molecule has 2 fully saturated rings. The third-order valence-electron chi connectivity index (χ3n) is 7.31. The van der Waals surface area contributed by atoms with Crippen LogP contribution in [0.5, 0.6) is 0 Å². The van der Waals surface area contributed by atoms with Gasteiger partial charge in [-0.25, -0.2) is 15.0 Å². The molecule has 7 rings (SSSR count). The lowest BCUT2D eigenvalue weighted by Crippen LogP contribution is -2.52. The molecule has 5 aromatic carbocycles. The largest absolute Gasteiger partial charge is 0.591 e. The van der Waals surface area contributed by atoms with Crippen LogP contribution in [0.4, 0.5) is 28.4 Å². The van der Waals surface area contributed by atoms with Gasteiger partial charge in [-0.15, -0.1) is 4.81 Å². The molecule has 2 aliphatic rings. The zero-order chi connectivity index (χ0) is 28.4. The van der Waals surface area contributed by atoms with Crippen molar-refractivity contribution in [2.75, 3.05) is 5.06 Å². The average Bonchev–Trinajstić information content (AvgIpc) is 3.52. The second-order valence-electron chi connectivity index (χ2n) is 10.0. The van der Waals surface area contributed by atoms with E-state index in [0.29, 0.717) is 28.5 Å². The van der Waals surface area contributed by atoms with E-state index in [1.807, 2.05) is 140 Å². The first kappa shape index (κ1) is 25.7. The summed E-state index contributed by atoms with van der Waals surface area (Å²) in [6, 6.07) is 46.4. The Morgan fingerprint density at radius 3 is 1.48 bits per heavy atom. The van der Waals surface area contributed by atoms with E-state index >= 15 is 5.21 Å². The molecule has 5 aromatic rings. The number of hydrogen-bond donors (Lipinski definition) is 0. The Balaban J connectivity index is 1.54. The highest BCUT2D eigenvalue weighted by atomic mass is 17.0. The highest BCUT2D eigenvalue weighted by molar-refractivity contribution is 6.75. The lowest BCUT2D eigenvalue weighted by atomic mass is 10.1. The van der Waals surface area contributed by atoms with Crippen LogP contribution in [0.25, 0.3) is 0 Å². The number of para-hydroxylation sites is 5. The number of anilines is 1. The van der Waals surface area contributed by atoms with Crippen molar-refractivity contribution in [1.82, 2.24) is 4.81 Å². The predicted octanol–water partition coefficient (Wildman–Crippen LogP) is 7.93. The summed E-state index contributed by atoms with van der Waals surface area (Å²) in [5.41, 5.74) is 5.07. The van der Waals surface area contributed by atoms with E-state index in [0.717, 1.165) is 17.1 Å². The van der Waals surface area contributed by atoms with Gasteiger partial charge in [-0.3, -0.25) is 0 Å². The molecule has 1 aliphatic carbocycles. The van der Waals surface area contributed by atoms with E-state index in [-0.39, 0.29) is 0 Å². The molecular weight excluding hydrogens is 522 g/mol. The van der Waals surface area contributed by atoms with E-state index in [1.165, 1.54) is 0 Å². The van der Waals surface area contributed by atoms with Crippen molar-refractivity contribution >= 4 is 45.6 Å².